The minimum absolute atomic E-state index is 0.567. The van der Waals surface area contributed by atoms with Crippen LogP contribution in [-0.4, -0.2) is 0 Å². The Bertz CT molecular complexity index is 752. The largest absolute Gasteiger partial charge is 0.488 e. The van der Waals surface area contributed by atoms with Gasteiger partial charge in [-0.15, -0.1) is 0 Å². The molecule has 0 heterocycles. The zero-order valence-electron chi connectivity index (χ0n) is 11.8. The third-order valence-electron chi connectivity index (χ3n) is 3.35. The first-order chi connectivity index (χ1) is 10.7. The van der Waals surface area contributed by atoms with Gasteiger partial charge in [0.25, 0.3) is 0 Å². The summed E-state index contributed by atoms with van der Waals surface area (Å²) in [5, 5.41) is 0. The van der Waals surface area contributed by atoms with Crippen LogP contribution in [0.15, 0.2) is 81.7 Å². The van der Waals surface area contributed by atoms with Crippen LogP contribution in [0.4, 0.5) is 0 Å². The van der Waals surface area contributed by atoms with E-state index in [-0.39, 0.29) is 0 Å². The van der Waals surface area contributed by atoms with E-state index in [1.807, 2.05) is 36.4 Å². The van der Waals surface area contributed by atoms with E-state index in [0.29, 0.717) is 6.61 Å². The van der Waals surface area contributed by atoms with E-state index in [4.69, 9.17) is 4.74 Å². The predicted octanol–water partition coefficient (Wildman–Crippen LogP) is 6.46. The summed E-state index contributed by atoms with van der Waals surface area (Å²) in [6.07, 6.45) is 0. The Labute approximate surface area is 147 Å². The summed E-state index contributed by atoms with van der Waals surface area (Å²) in [6.45, 7) is 0.567. The molecule has 0 aliphatic heterocycles. The first-order valence-electron chi connectivity index (χ1n) is 6.94. The molecule has 0 atom stereocenters. The van der Waals surface area contributed by atoms with Crippen LogP contribution in [0.25, 0.3) is 11.1 Å². The molecule has 1 nitrogen and oxygen atoms in total. The molecule has 0 aliphatic carbocycles. The van der Waals surface area contributed by atoms with Crippen molar-refractivity contribution < 1.29 is 4.74 Å². The number of ether oxygens (including phenoxy) is 1. The topological polar surface area (TPSA) is 9.23 Å². The molecule has 0 unspecified atom stereocenters. The summed E-state index contributed by atoms with van der Waals surface area (Å²) in [5.41, 5.74) is 3.50. The van der Waals surface area contributed by atoms with Crippen LogP contribution in [-0.2, 0) is 6.61 Å². The van der Waals surface area contributed by atoms with Crippen LogP contribution in [0, 0.1) is 0 Å². The molecule has 0 fully saturated rings. The van der Waals surface area contributed by atoms with E-state index in [0.717, 1.165) is 25.8 Å². The quantitative estimate of drug-likeness (QED) is 0.473. The molecule has 3 rings (SSSR count). The summed E-state index contributed by atoms with van der Waals surface area (Å²) in [5.74, 6) is 0.852. The van der Waals surface area contributed by atoms with Crippen molar-refractivity contribution in [2.75, 3.05) is 0 Å². The molecular formula is C19H14Br2O. The van der Waals surface area contributed by atoms with Crippen LogP contribution in [0.1, 0.15) is 5.56 Å². The number of halogens is 2. The Morgan fingerprint density at radius 1 is 0.727 bits per heavy atom. The van der Waals surface area contributed by atoms with Crippen LogP contribution in [0.2, 0.25) is 0 Å². The maximum atomic E-state index is 5.88. The van der Waals surface area contributed by atoms with Crippen molar-refractivity contribution in [3.63, 3.8) is 0 Å². The number of hydrogen-bond acceptors (Lipinski definition) is 1. The van der Waals surface area contributed by atoms with Gasteiger partial charge >= 0.3 is 0 Å². The van der Waals surface area contributed by atoms with Crippen LogP contribution in [0.5, 0.6) is 5.75 Å². The van der Waals surface area contributed by atoms with Gasteiger partial charge in [-0.3, -0.25) is 0 Å². The Balaban J connectivity index is 1.76. The van der Waals surface area contributed by atoms with Crippen molar-refractivity contribution >= 4 is 31.9 Å². The first kappa shape index (κ1) is 15.3. The molecule has 0 radical (unpaired) electrons. The lowest BCUT2D eigenvalue weighted by atomic mass is 10.1. The minimum Gasteiger partial charge on any atom is -0.488 e. The van der Waals surface area contributed by atoms with Crippen LogP contribution < -0.4 is 4.74 Å². The van der Waals surface area contributed by atoms with E-state index < -0.39 is 0 Å². The normalized spacial score (nSPS) is 10.5. The SMILES string of the molecule is Brc1ccc(-c2ccc(OCc3ccccc3)c(Br)c2)cc1. The van der Waals surface area contributed by atoms with Gasteiger partial charge in [-0.2, -0.15) is 0 Å². The lowest BCUT2D eigenvalue weighted by Gasteiger charge is -2.10. The fraction of sp³-hybridized carbons (Fsp3) is 0.0526. The van der Waals surface area contributed by atoms with Gasteiger partial charge in [0.05, 0.1) is 4.47 Å². The summed E-state index contributed by atoms with van der Waals surface area (Å²) in [7, 11) is 0. The maximum Gasteiger partial charge on any atom is 0.134 e. The molecule has 3 heteroatoms. The highest BCUT2D eigenvalue weighted by molar-refractivity contribution is 9.10. The van der Waals surface area contributed by atoms with E-state index in [2.05, 4.69) is 68.3 Å². The average Bonchev–Trinajstić information content (AvgIpc) is 2.55. The molecule has 0 aliphatic rings. The lowest BCUT2D eigenvalue weighted by molar-refractivity contribution is 0.304. The molecule has 0 bridgehead atoms. The third-order valence-corrected chi connectivity index (χ3v) is 4.49. The van der Waals surface area contributed by atoms with Crippen molar-refractivity contribution in [2.24, 2.45) is 0 Å². The molecule has 110 valence electrons. The highest BCUT2D eigenvalue weighted by Crippen LogP contribution is 2.31. The summed E-state index contributed by atoms with van der Waals surface area (Å²) >= 11 is 7.06. The Kier molecular flexibility index (Phi) is 4.96. The van der Waals surface area contributed by atoms with Crippen molar-refractivity contribution in [2.45, 2.75) is 6.61 Å². The molecule has 3 aromatic rings. The standard InChI is InChI=1S/C19H14Br2O/c20-17-9-6-15(7-10-17)16-8-11-19(18(21)12-16)22-13-14-4-2-1-3-5-14/h1-12H,13H2. The highest BCUT2D eigenvalue weighted by atomic mass is 79.9. The lowest BCUT2D eigenvalue weighted by Crippen LogP contribution is -1.95. The van der Waals surface area contributed by atoms with Crippen molar-refractivity contribution in [3.05, 3.63) is 87.3 Å². The second-order valence-corrected chi connectivity index (χ2v) is 6.70. The fourth-order valence-electron chi connectivity index (χ4n) is 2.18. The van der Waals surface area contributed by atoms with Crippen LogP contribution in [0.3, 0.4) is 0 Å². The third kappa shape index (κ3) is 3.79. The smallest absolute Gasteiger partial charge is 0.134 e. The summed E-state index contributed by atoms with van der Waals surface area (Å²) in [4.78, 5) is 0. The highest BCUT2D eigenvalue weighted by Gasteiger charge is 2.05. The molecule has 0 saturated carbocycles. The van der Waals surface area contributed by atoms with Gasteiger partial charge in [0.15, 0.2) is 0 Å². The Morgan fingerprint density at radius 3 is 2.09 bits per heavy atom. The van der Waals surface area contributed by atoms with Gasteiger partial charge in [-0.05, 0) is 56.9 Å². The second-order valence-electron chi connectivity index (χ2n) is 4.93. The van der Waals surface area contributed by atoms with Crippen molar-refractivity contribution in [3.8, 4) is 16.9 Å². The molecule has 0 amide bonds. The van der Waals surface area contributed by atoms with Gasteiger partial charge < -0.3 is 4.74 Å². The van der Waals surface area contributed by atoms with Gasteiger partial charge in [0, 0.05) is 4.47 Å². The Hall–Kier alpha value is -1.58. The molecule has 22 heavy (non-hydrogen) atoms. The number of hydrogen-bond donors (Lipinski definition) is 0. The van der Waals surface area contributed by atoms with Gasteiger partial charge in [0.2, 0.25) is 0 Å². The molecule has 0 aromatic heterocycles. The van der Waals surface area contributed by atoms with E-state index in [9.17, 15) is 0 Å². The van der Waals surface area contributed by atoms with Gasteiger partial charge in [-0.1, -0.05) is 64.5 Å². The average molecular weight is 418 g/mol. The molecule has 0 spiro atoms. The van der Waals surface area contributed by atoms with E-state index >= 15 is 0 Å². The Morgan fingerprint density at radius 2 is 1.41 bits per heavy atom. The van der Waals surface area contributed by atoms with E-state index in [1.54, 1.807) is 0 Å². The molecule has 0 N–H and O–H groups in total. The fourth-order valence-corrected chi connectivity index (χ4v) is 2.93. The summed E-state index contributed by atoms with van der Waals surface area (Å²) in [6, 6.07) is 24.6. The van der Waals surface area contributed by atoms with Crippen LogP contribution >= 0.6 is 31.9 Å². The maximum absolute atomic E-state index is 5.88. The molecule has 3 aromatic carbocycles. The van der Waals surface area contributed by atoms with Crippen molar-refractivity contribution in [1.29, 1.82) is 0 Å². The van der Waals surface area contributed by atoms with Gasteiger partial charge in [-0.25, -0.2) is 0 Å². The van der Waals surface area contributed by atoms with E-state index in [1.165, 1.54) is 5.56 Å². The number of rotatable bonds is 4. The summed E-state index contributed by atoms with van der Waals surface area (Å²) < 4.78 is 7.92. The predicted molar refractivity (Wildman–Crippen MR) is 98.1 cm³/mol. The van der Waals surface area contributed by atoms with Crippen molar-refractivity contribution in [1.82, 2.24) is 0 Å². The number of benzene rings is 3. The van der Waals surface area contributed by atoms with Gasteiger partial charge in [0.1, 0.15) is 12.4 Å². The monoisotopic (exact) mass is 416 g/mol. The second kappa shape index (κ2) is 7.12. The zero-order chi connectivity index (χ0) is 15.4. The minimum atomic E-state index is 0.567. The first-order valence-corrected chi connectivity index (χ1v) is 8.53. The zero-order valence-corrected chi connectivity index (χ0v) is 15.0. The molecule has 0 saturated heterocycles. The molecular weight excluding hydrogens is 404 g/mol.